The largest absolute Gasteiger partial charge is 0.465 e. The zero-order valence-corrected chi connectivity index (χ0v) is 7.59. The van der Waals surface area contributed by atoms with Crippen molar-refractivity contribution in [2.75, 3.05) is 0 Å². The third kappa shape index (κ3) is 4.48. The first-order valence-corrected chi connectivity index (χ1v) is 5.21. The monoisotopic (exact) mass is 200 g/mol. The number of para-hydroxylation sites is 1. The Hall–Kier alpha value is -1.09. The molecule has 0 saturated carbocycles. The summed E-state index contributed by atoms with van der Waals surface area (Å²) in [7, 11) is -4.11. The van der Waals surface area contributed by atoms with Gasteiger partial charge in [-0.3, -0.25) is 4.57 Å². The fourth-order valence-electron chi connectivity index (χ4n) is 0.687. The van der Waals surface area contributed by atoms with Crippen molar-refractivity contribution in [2.24, 2.45) is 0 Å². The van der Waals surface area contributed by atoms with Gasteiger partial charge in [-0.15, -0.1) is 0 Å². The van der Waals surface area contributed by atoms with Crippen LogP contribution in [0.2, 0.25) is 0 Å². The van der Waals surface area contributed by atoms with Gasteiger partial charge in [0.2, 0.25) is 0 Å². The van der Waals surface area contributed by atoms with Crippen LogP contribution in [0.15, 0.2) is 42.4 Å². The highest BCUT2D eigenvalue weighted by atomic mass is 31.2. The van der Waals surface area contributed by atoms with E-state index in [0.717, 1.165) is 6.26 Å². The van der Waals surface area contributed by atoms with Crippen LogP contribution in [0.5, 0.6) is 5.75 Å². The Kier molecular flexibility index (Phi) is 3.25. The van der Waals surface area contributed by atoms with Gasteiger partial charge >= 0.3 is 7.60 Å². The van der Waals surface area contributed by atoms with Crippen LogP contribution < -0.4 is 4.74 Å². The average molecular weight is 200 g/mol. The summed E-state index contributed by atoms with van der Waals surface area (Å²) in [6.07, 6.45) is 0.982. The Morgan fingerprint density at radius 1 is 1.23 bits per heavy atom. The van der Waals surface area contributed by atoms with E-state index < -0.39 is 7.60 Å². The van der Waals surface area contributed by atoms with Gasteiger partial charge in [-0.25, -0.2) is 0 Å². The van der Waals surface area contributed by atoms with Crippen LogP contribution in [-0.2, 0) is 4.57 Å². The van der Waals surface area contributed by atoms with E-state index in [9.17, 15) is 4.57 Å². The maximum atomic E-state index is 10.3. The van der Waals surface area contributed by atoms with Crippen molar-refractivity contribution < 1.29 is 19.1 Å². The predicted molar refractivity (Wildman–Crippen MR) is 48.3 cm³/mol. The molecule has 0 fully saturated rings. The maximum absolute atomic E-state index is 10.3. The van der Waals surface area contributed by atoms with Crippen molar-refractivity contribution in [1.29, 1.82) is 0 Å². The van der Waals surface area contributed by atoms with Gasteiger partial charge in [-0.2, -0.15) is 0 Å². The summed E-state index contributed by atoms with van der Waals surface area (Å²) in [5.74, 6) is 1.24. The molecule has 0 aromatic heterocycles. The van der Waals surface area contributed by atoms with E-state index in [1.54, 1.807) is 24.3 Å². The van der Waals surface area contributed by atoms with E-state index in [1.165, 1.54) is 0 Å². The molecule has 0 radical (unpaired) electrons. The number of hydrogen-bond donors (Lipinski definition) is 2. The Morgan fingerprint density at radius 3 is 2.38 bits per heavy atom. The highest BCUT2D eigenvalue weighted by Gasteiger charge is 2.05. The summed E-state index contributed by atoms with van der Waals surface area (Å²) in [6, 6.07) is 8.72. The molecule has 70 valence electrons. The van der Waals surface area contributed by atoms with Crippen LogP contribution in [0.1, 0.15) is 0 Å². The first-order valence-electron chi connectivity index (χ1n) is 3.52. The highest BCUT2D eigenvalue weighted by Crippen LogP contribution is 2.35. The molecule has 4 nitrogen and oxygen atoms in total. The lowest BCUT2D eigenvalue weighted by molar-refractivity contribution is 0.384. The molecule has 1 rings (SSSR count). The molecule has 0 aliphatic carbocycles. The third-order valence-electron chi connectivity index (χ3n) is 1.20. The lowest BCUT2D eigenvalue weighted by Crippen LogP contribution is -1.80. The summed E-state index contributed by atoms with van der Waals surface area (Å²) in [4.78, 5) is 16.9. The molecule has 0 bridgehead atoms. The summed E-state index contributed by atoms with van der Waals surface area (Å²) in [6.45, 7) is 0. The highest BCUT2D eigenvalue weighted by molar-refractivity contribution is 7.55. The van der Waals surface area contributed by atoms with Crippen LogP contribution in [0.25, 0.3) is 0 Å². The topological polar surface area (TPSA) is 66.8 Å². The summed E-state index contributed by atoms with van der Waals surface area (Å²) in [5.41, 5.74) is 0. The molecule has 13 heavy (non-hydrogen) atoms. The van der Waals surface area contributed by atoms with Gasteiger partial charge in [0.05, 0.1) is 12.1 Å². The molecule has 0 aliphatic rings. The van der Waals surface area contributed by atoms with Crippen molar-refractivity contribution in [3.05, 3.63) is 42.4 Å². The minimum absolute atomic E-state index is 0.534. The first kappa shape index (κ1) is 9.99. The quantitative estimate of drug-likeness (QED) is 0.575. The molecule has 1 aromatic rings. The number of ether oxygens (including phenoxy) is 1. The second kappa shape index (κ2) is 4.23. The Balaban J connectivity index is 2.54. The number of hydrogen-bond acceptors (Lipinski definition) is 2. The first-order chi connectivity index (χ1) is 6.08. The number of benzene rings is 1. The smallest absolute Gasteiger partial charge is 0.352 e. The van der Waals surface area contributed by atoms with Crippen LogP contribution in [-0.4, -0.2) is 9.79 Å². The van der Waals surface area contributed by atoms with Gasteiger partial charge < -0.3 is 14.5 Å². The Labute approximate surface area is 75.6 Å². The van der Waals surface area contributed by atoms with Crippen molar-refractivity contribution in [3.8, 4) is 5.75 Å². The van der Waals surface area contributed by atoms with Gasteiger partial charge in [-0.05, 0) is 12.1 Å². The molecular weight excluding hydrogens is 191 g/mol. The number of rotatable bonds is 3. The fourth-order valence-corrected chi connectivity index (χ4v) is 0.907. The zero-order valence-electron chi connectivity index (χ0n) is 6.70. The summed E-state index contributed by atoms with van der Waals surface area (Å²) < 4.78 is 15.3. The molecule has 0 heterocycles. The second-order valence-electron chi connectivity index (χ2n) is 2.31. The zero-order chi connectivity index (χ0) is 9.73. The molecule has 0 atom stereocenters. The molecule has 2 N–H and O–H groups in total. The molecule has 0 unspecified atom stereocenters. The molecular formula is C8H9O4P. The van der Waals surface area contributed by atoms with Crippen molar-refractivity contribution in [1.82, 2.24) is 0 Å². The minimum Gasteiger partial charge on any atom is -0.465 e. The van der Waals surface area contributed by atoms with Crippen LogP contribution in [0.4, 0.5) is 0 Å². The lowest BCUT2D eigenvalue weighted by atomic mass is 10.3. The second-order valence-corrected chi connectivity index (χ2v) is 3.78. The molecule has 5 heteroatoms. The molecule has 0 spiro atoms. The Bertz CT molecular complexity index is 327. The van der Waals surface area contributed by atoms with Gasteiger partial charge in [0.1, 0.15) is 5.75 Å². The van der Waals surface area contributed by atoms with Crippen molar-refractivity contribution >= 4 is 7.60 Å². The fraction of sp³-hybridized carbons (Fsp3) is 0. The SMILES string of the molecule is O=P(O)(O)/C=C/Oc1ccccc1. The third-order valence-corrected chi connectivity index (χ3v) is 1.71. The summed E-state index contributed by atoms with van der Waals surface area (Å²) in [5, 5.41) is 0. The molecule has 0 amide bonds. The van der Waals surface area contributed by atoms with E-state index in [0.29, 0.717) is 11.6 Å². The van der Waals surface area contributed by atoms with Crippen LogP contribution in [0, 0.1) is 0 Å². The van der Waals surface area contributed by atoms with Gasteiger partial charge in [0, 0.05) is 0 Å². The standard InChI is InChI=1S/C8H9O4P/c9-13(10,11)7-6-12-8-4-2-1-3-5-8/h1-7H,(H2,9,10,11)/b7-6+. The van der Waals surface area contributed by atoms with E-state index in [1.807, 2.05) is 6.07 Å². The van der Waals surface area contributed by atoms with Gasteiger partial charge in [0.25, 0.3) is 0 Å². The van der Waals surface area contributed by atoms with Crippen molar-refractivity contribution in [3.63, 3.8) is 0 Å². The van der Waals surface area contributed by atoms with E-state index >= 15 is 0 Å². The Morgan fingerprint density at radius 2 is 1.85 bits per heavy atom. The normalized spacial score (nSPS) is 11.8. The lowest BCUT2D eigenvalue weighted by Gasteiger charge is -1.98. The van der Waals surface area contributed by atoms with Gasteiger partial charge in [0.15, 0.2) is 0 Å². The van der Waals surface area contributed by atoms with Crippen LogP contribution in [0.3, 0.4) is 0 Å². The van der Waals surface area contributed by atoms with Crippen molar-refractivity contribution in [2.45, 2.75) is 0 Å². The molecule has 0 aliphatic heterocycles. The summed E-state index contributed by atoms with van der Waals surface area (Å²) >= 11 is 0. The molecule has 0 saturated heterocycles. The van der Waals surface area contributed by atoms with E-state index in [2.05, 4.69) is 0 Å². The maximum Gasteiger partial charge on any atom is 0.352 e. The average Bonchev–Trinajstić information content (AvgIpc) is 2.04. The van der Waals surface area contributed by atoms with Crippen LogP contribution >= 0.6 is 7.60 Å². The molecule has 1 aromatic carbocycles. The predicted octanol–water partition coefficient (Wildman–Crippen LogP) is 1.71. The minimum atomic E-state index is -4.11. The van der Waals surface area contributed by atoms with E-state index in [4.69, 9.17) is 14.5 Å². The van der Waals surface area contributed by atoms with E-state index in [-0.39, 0.29) is 0 Å². The van der Waals surface area contributed by atoms with Gasteiger partial charge in [-0.1, -0.05) is 18.2 Å².